The number of alkyl halides is 3. The number of hydrogen-bond acceptors (Lipinski definition) is 7. The summed E-state index contributed by atoms with van der Waals surface area (Å²) in [5.41, 5.74) is -2.59. The first-order chi connectivity index (χ1) is 13.3. The van der Waals surface area contributed by atoms with Crippen molar-refractivity contribution in [1.29, 1.82) is 0 Å². The van der Waals surface area contributed by atoms with Crippen molar-refractivity contribution >= 4 is 27.6 Å². The third-order valence-corrected chi connectivity index (χ3v) is 5.16. The first-order valence-electron chi connectivity index (χ1n) is 7.62. The van der Waals surface area contributed by atoms with Crippen molar-refractivity contribution in [3.05, 3.63) is 68.8 Å². The number of amides is 2. The highest BCUT2D eigenvalue weighted by Crippen LogP contribution is 2.36. The highest BCUT2D eigenvalue weighted by Gasteiger charge is 2.42. The fraction of sp³-hybridized carbons (Fsp3) is 0.125. The number of hydroxylamine groups is 2. The fourth-order valence-corrected chi connectivity index (χ4v) is 3.62. The molecule has 1 heterocycles. The predicted molar refractivity (Wildman–Crippen MR) is 88.0 cm³/mol. The Morgan fingerprint density at radius 1 is 1.03 bits per heavy atom. The van der Waals surface area contributed by atoms with Crippen LogP contribution >= 0.6 is 0 Å². The van der Waals surface area contributed by atoms with Crippen molar-refractivity contribution < 1.29 is 40.4 Å². The van der Waals surface area contributed by atoms with Crippen molar-refractivity contribution in [3.8, 4) is 0 Å². The number of halogens is 3. The Morgan fingerprint density at radius 3 is 2.24 bits per heavy atom. The lowest BCUT2D eigenvalue weighted by Gasteiger charge is -2.14. The molecule has 0 unspecified atom stereocenters. The Bertz CT molecular complexity index is 1180. The summed E-state index contributed by atoms with van der Waals surface area (Å²) in [7, 11) is -5.20. The average molecular weight is 430 g/mol. The summed E-state index contributed by atoms with van der Waals surface area (Å²) in [6, 6.07) is 4.70. The highest BCUT2D eigenvalue weighted by molar-refractivity contribution is 7.86. The zero-order valence-corrected chi connectivity index (χ0v) is 15.1. The molecule has 13 heteroatoms. The van der Waals surface area contributed by atoms with E-state index in [9.17, 15) is 41.3 Å². The quantitative estimate of drug-likeness (QED) is 0.415. The van der Waals surface area contributed by atoms with Crippen LogP contribution in [-0.4, -0.2) is 30.2 Å². The monoisotopic (exact) mass is 430 g/mol. The lowest BCUT2D eigenvalue weighted by Crippen LogP contribution is -2.33. The molecule has 0 spiro atoms. The maximum atomic E-state index is 12.8. The number of imide groups is 1. The standard InChI is InChI=1S/C16H9F3N2O7S/c1-8-2-4-10-11(6-8)15(23)20(14(10)22)28-29(26,27)13-5-3-9(16(17,18)19)7-12(13)21(24)25/h2-7H,1H3. The second-order valence-electron chi connectivity index (χ2n) is 5.92. The summed E-state index contributed by atoms with van der Waals surface area (Å²) in [5, 5.41) is 11.0. The molecule has 2 aromatic rings. The molecule has 2 aromatic carbocycles. The Hall–Kier alpha value is -3.32. The van der Waals surface area contributed by atoms with E-state index in [0.29, 0.717) is 17.7 Å². The number of aryl methyl sites for hydroxylation is 1. The molecule has 0 fully saturated rings. The van der Waals surface area contributed by atoms with Crippen molar-refractivity contribution in [1.82, 2.24) is 5.06 Å². The smallest absolute Gasteiger partial charge is 0.266 e. The van der Waals surface area contributed by atoms with Crippen LogP contribution in [-0.2, 0) is 20.6 Å². The van der Waals surface area contributed by atoms with Crippen molar-refractivity contribution in [2.75, 3.05) is 0 Å². The third kappa shape index (κ3) is 3.56. The molecule has 29 heavy (non-hydrogen) atoms. The Kier molecular flexibility index (Phi) is 4.67. The molecular weight excluding hydrogens is 421 g/mol. The summed E-state index contributed by atoms with van der Waals surface area (Å²) in [5.74, 6) is -2.27. The first kappa shape index (κ1) is 20.4. The number of benzene rings is 2. The maximum Gasteiger partial charge on any atom is 0.416 e. The lowest BCUT2D eigenvalue weighted by atomic mass is 10.1. The SMILES string of the molecule is Cc1ccc2c(c1)C(=O)N(OS(=O)(=O)c1ccc(C(F)(F)F)cc1[N+](=O)[O-])C2=O. The average Bonchev–Trinajstić information content (AvgIpc) is 2.84. The molecule has 0 aromatic heterocycles. The highest BCUT2D eigenvalue weighted by atomic mass is 32.2. The molecule has 0 saturated heterocycles. The lowest BCUT2D eigenvalue weighted by molar-refractivity contribution is -0.388. The van der Waals surface area contributed by atoms with Gasteiger partial charge in [0.25, 0.3) is 17.5 Å². The van der Waals surface area contributed by atoms with Gasteiger partial charge in [-0.2, -0.15) is 21.6 Å². The number of nitro groups is 1. The first-order valence-corrected chi connectivity index (χ1v) is 9.03. The van der Waals surface area contributed by atoms with Gasteiger partial charge in [0.1, 0.15) is 0 Å². The maximum absolute atomic E-state index is 12.8. The van der Waals surface area contributed by atoms with Crippen LogP contribution in [0.25, 0.3) is 0 Å². The number of nitrogens with zero attached hydrogens (tertiary/aromatic N) is 2. The van der Waals surface area contributed by atoms with Crippen molar-refractivity contribution in [2.45, 2.75) is 18.0 Å². The van der Waals surface area contributed by atoms with Crippen LogP contribution in [0.5, 0.6) is 0 Å². The second kappa shape index (κ2) is 6.63. The van der Waals surface area contributed by atoms with E-state index >= 15 is 0 Å². The van der Waals surface area contributed by atoms with E-state index in [4.69, 9.17) is 0 Å². The minimum Gasteiger partial charge on any atom is -0.266 e. The molecule has 0 aliphatic carbocycles. The number of carbonyl (C=O) groups excluding carboxylic acids is 2. The molecule has 0 N–H and O–H groups in total. The van der Waals surface area contributed by atoms with Crippen molar-refractivity contribution in [2.24, 2.45) is 0 Å². The third-order valence-electron chi connectivity index (χ3n) is 3.93. The molecule has 2 amide bonds. The Labute approximate surface area is 160 Å². The molecule has 0 radical (unpaired) electrons. The van der Waals surface area contributed by atoms with Gasteiger partial charge in [0.2, 0.25) is 0 Å². The summed E-state index contributed by atoms with van der Waals surface area (Å²) in [6.45, 7) is 1.61. The van der Waals surface area contributed by atoms with E-state index in [0.717, 1.165) is 0 Å². The Balaban J connectivity index is 2.02. The van der Waals surface area contributed by atoms with Gasteiger partial charge in [-0.25, -0.2) is 0 Å². The number of rotatable bonds is 4. The van der Waals surface area contributed by atoms with Crippen LogP contribution in [0.15, 0.2) is 41.3 Å². The van der Waals surface area contributed by atoms with Crippen LogP contribution in [0.2, 0.25) is 0 Å². The van der Waals surface area contributed by atoms with E-state index in [1.54, 1.807) is 6.92 Å². The van der Waals surface area contributed by atoms with Crippen LogP contribution in [0, 0.1) is 17.0 Å². The van der Waals surface area contributed by atoms with Crippen LogP contribution in [0.4, 0.5) is 18.9 Å². The number of fused-ring (bicyclic) bond motifs is 1. The van der Waals surface area contributed by atoms with Gasteiger partial charge in [0.05, 0.1) is 21.6 Å². The minimum atomic E-state index is -5.20. The van der Waals surface area contributed by atoms with Gasteiger partial charge in [-0.15, -0.1) is 9.35 Å². The zero-order chi connectivity index (χ0) is 21.7. The molecule has 0 bridgehead atoms. The van der Waals surface area contributed by atoms with Crippen LogP contribution in [0.3, 0.4) is 0 Å². The molecule has 0 saturated carbocycles. The molecule has 1 aliphatic rings. The topological polar surface area (TPSA) is 124 Å². The van der Waals surface area contributed by atoms with Gasteiger partial charge < -0.3 is 0 Å². The van der Waals surface area contributed by atoms with E-state index in [2.05, 4.69) is 4.28 Å². The summed E-state index contributed by atoms with van der Waals surface area (Å²) in [4.78, 5) is 33.1. The molecule has 3 rings (SSSR count). The van der Waals surface area contributed by atoms with Gasteiger partial charge in [-0.3, -0.25) is 19.7 Å². The molecule has 0 atom stereocenters. The molecule has 9 nitrogen and oxygen atoms in total. The Morgan fingerprint density at radius 2 is 1.66 bits per heavy atom. The van der Waals surface area contributed by atoms with E-state index in [-0.39, 0.29) is 22.3 Å². The zero-order valence-electron chi connectivity index (χ0n) is 14.3. The fourth-order valence-electron chi connectivity index (χ4n) is 2.59. The number of hydrogen-bond donors (Lipinski definition) is 0. The number of carbonyl (C=O) groups is 2. The van der Waals surface area contributed by atoms with Crippen molar-refractivity contribution in [3.63, 3.8) is 0 Å². The summed E-state index contributed by atoms with van der Waals surface area (Å²) < 4.78 is 67.6. The predicted octanol–water partition coefficient (Wildman–Crippen LogP) is 2.84. The van der Waals surface area contributed by atoms with Gasteiger partial charge in [0.15, 0.2) is 4.90 Å². The number of nitro benzene ring substituents is 1. The largest absolute Gasteiger partial charge is 0.416 e. The minimum absolute atomic E-state index is 0.0159. The van der Waals surface area contributed by atoms with Gasteiger partial charge >= 0.3 is 16.3 Å². The van der Waals surface area contributed by atoms with E-state index in [1.807, 2.05) is 0 Å². The van der Waals surface area contributed by atoms with Crippen LogP contribution in [0.1, 0.15) is 31.8 Å². The van der Waals surface area contributed by atoms with Gasteiger partial charge in [0, 0.05) is 6.07 Å². The molecule has 1 aliphatic heterocycles. The van der Waals surface area contributed by atoms with Gasteiger partial charge in [-0.1, -0.05) is 11.6 Å². The van der Waals surface area contributed by atoms with Crippen LogP contribution < -0.4 is 0 Å². The van der Waals surface area contributed by atoms with E-state index < -0.39 is 49.2 Å². The van der Waals surface area contributed by atoms with Gasteiger partial charge in [-0.05, 0) is 31.2 Å². The molecule has 152 valence electrons. The summed E-state index contributed by atoms with van der Waals surface area (Å²) in [6.07, 6.45) is -4.96. The van der Waals surface area contributed by atoms with E-state index in [1.165, 1.54) is 18.2 Å². The second-order valence-corrected chi connectivity index (χ2v) is 7.42. The summed E-state index contributed by atoms with van der Waals surface area (Å²) >= 11 is 0. The molecular formula is C16H9F3N2O7S. The normalized spacial score (nSPS) is 14.3.